The molecule has 1 aliphatic heterocycles. The molecule has 0 unspecified atom stereocenters. The summed E-state index contributed by atoms with van der Waals surface area (Å²) in [4.78, 5) is 15.4. The van der Waals surface area contributed by atoms with Crippen LogP contribution >= 0.6 is 11.3 Å². The molecule has 0 radical (unpaired) electrons. The zero-order valence-corrected chi connectivity index (χ0v) is 14.6. The van der Waals surface area contributed by atoms with Crippen LogP contribution in [0.15, 0.2) is 17.9 Å². The van der Waals surface area contributed by atoms with E-state index in [9.17, 15) is 5.11 Å². The van der Waals surface area contributed by atoms with Crippen LogP contribution in [0.3, 0.4) is 0 Å². The van der Waals surface area contributed by atoms with Crippen LogP contribution in [0.4, 0.5) is 5.82 Å². The zero-order valence-electron chi connectivity index (χ0n) is 13.8. The van der Waals surface area contributed by atoms with Crippen molar-refractivity contribution in [3.63, 3.8) is 0 Å². The van der Waals surface area contributed by atoms with Gasteiger partial charge in [-0.15, -0.1) is 11.3 Å². The molecule has 0 amide bonds. The van der Waals surface area contributed by atoms with Gasteiger partial charge in [-0.1, -0.05) is 0 Å². The molecule has 24 heavy (non-hydrogen) atoms. The lowest BCUT2D eigenvalue weighted by Crippen LogP contribution is -2.46. The second-order valence-electron chi connectivity index (χ2n) is 6.47. The van der Waals surface area contributed by atoms with Crippen molar-refractivity contribution < 1.29 is 5.11 Å². The largest absolute Gasteiger partial charge is 0.389 e. The Morgan fingerprint density at radius 2 is 2.08 bits per heavy atom. The SMILES string of the molecule is Cc1csc(CC2(O)CCN(c3ncnc4c3cnn4C)CC2)n1. The first-order chi connectivity index (χ1) is 11.5. The third-order valence-electron chi connectivity index (χ3n) is 4.65. The van der Waals surface area contributed by atoms with E-state index in [1.807, 2.05) is 25.5 Å². The maximum atomic E-state index is 10.9. The highest BCUT2D eigenvalue weighted by molar-refractivity contribution is 7.09. The summed E-state index contributed by atoms with van der Waals surface area (Å²) in [6.45, 7) is 3.52. The van der Waals surface area contributed by atoms with Gasteiger partial charge in [-0.2, -0.15) is 5.10 Å². The molecule has 0 saturated carbocycles. The molecule has 4 rings (SSSR count). The van der Waals surface area contributed by atoms with E-state index in [1.165, 1.54) is 0 Å². The third-order valence-corrected chi connectivity index (χ3v) is 5.62. The maximum absolute atomic E-state index is 10.9. The first-order valence-corrected chi connectivity index (χ1v) is 8.93. The summed E-state index contributed by atoms with van der Waals surface area (Å²) in [6, 6.07) is 0. The van der Waals surface area contributed by atoms with Crippen LogP contribution in [-0.4, -0.2) is 48.5 Å². The molecule has 126 valence electrons. The monoisotopic (exact) mass is 344 g/mol. The van der Waals surface area contributed by atoms with Gasteiger partial charge in [0.1, 0.15) is 12.1 Å². The summed E-state index contributed by atoms with van der Waals surface area (Å²) in [5.74, 6) is 0.903. The second-order valence-corrected chi connectivity index (χ2v) is 7.42. The molecule has 0 aliphatic carbocycles. The van der Waals surface area contributed by atoms with Crippen LogP contribution in [0.25, 0.3) is 11.0 Å². The minimum absolute atomic E-state index is 0.630. The van der Waals surface area contributed by atoms with Crippen molar-refractivity contribution in [3.8, 4) is 0 Å². The Bertz CT molecular complexity index is 864. The van der Waals surface area contributed by atoms with Gasteiger partial charge in [0, 0.05) is 37.6 Å². The van der Waals surface area contributed by atoms with Crippen molar-refractivity contribution in [2.45, 2.75) is 31.8 Å². The van der Waals surface area contributed by atoms with Crippen molar-refractivity contribution in [1.82, 2.24) is 24.7 Å². The van der Waals surface area contributed by atoms with E-state index in [-0.39, 0.29) is 0 Å². The van der Waals surface area contributed by atoms with E-state index in [1.54, 1.807) is 22.3 Å². The number of aromatic nitrogens is 5. The number of aliphatic hydroxyl groups is 1. The van der Waals surface area contributed by atoms with Crippen molar-refractivity contribution in [3.05, 3.63) is 28.6 Å². The summed E-state index contributed by atoms with van der Waals surface area (Å²) in [5, 5.41) is 19.2. The molecule has 0 bridgehead atoms. The van der Waals surface area contributed by atoms with E-state index < -0.39 is 5.60 Å². The van der Waals surface area contributed by atoms with Gasteiger partial charge in [0.2, 0.25) is 0 Å². The maximum Gasteiger partial charge on any atom is 0.163 e. The molecule has 3 aromatic rings. The zero-order chi connectivity index (χ0) is 16.7. The predicted molar refractivity (Wildman–Crippen MR) is 93.3 cm³/mol. The fourth-order valence-electron chi connectivity index (χ4n) is 3.28. The van der Waals surface area contributed by atoms with Gasteiger partial charge in [0.05, 0.1) is 22.2 Å². The Kier molecular flexibility index (Phi) is 3.73. The number of rotatable bonds is 3. The molecule has 1 N–H and O–H groups in total. The van der Waals surface area contributed by atoms with Gasteiger partial charge in [-0.3, -0.25) is 4.68 Å². The molecule has 0 atom stereocenters. The topological polar surface area (TPSA) is 80.0 Å². The minimum Gasteiger partial charge on any atom is -0.389 e. The summed E-state index contributed by atoms with van der Waals surface area (Å²) < 4.78 is 1.76. The van der Waals surface area contributed by atoms with Gasteiger partial charge < -0.3 is 10.0 Å². The van der Waals surface area contributed by atoms with Gasteiger partial charge in [0.25, 0.3) is 0 Å². The molecule has 4 heterocycles. The van der Waals surface area contributed by atoms with Crippen molar-refractivity contribution in [2.24, 2.45) is 7.05 Å². The summed E-state index contributed by atoms with van der Waals surface area (Å²) in [5.41, 5.74) is 1.18. The lowest BCUT2D eigenvalue weighted by atomic mass is 9.88. The normalized spacial score (nSPS) is 17.5. The number of piperidine rings is 1. The van der Waals surface area contributed by atoms with Gasteiger partial charge in [0.15, 0.2) is 5.65 Å². The van der Waals surface area contributed by atoms with Crippen molar-refractivity contribution in [2.75, 3.05) is 18.0 Å². The van der Waals surface area contributed by atoms with Gasteiger partial charge in [-0.25, -0.2) is 15.0 Å². The fraction of sp³-hybridized carbons (Fsp3) is 0.500. The fourth-order valence-corrected chi connectivity index (χ4v) is 4.19. The molecule has 1 fully saturated rings. The first kappa shape index (κ1) is 15.5. The number of aryl methyl sites for hydroxylation is 2. The number of thiazole rings is 1. The van der Waals surface area contributed by atoms with Crippen molar-refractivity contribution >= 4 is 28.2 Å². The Hall–Kier alpha value is -2.06. The minimum atomic E-state index is -0.679. The van der Waals surface area contributed by atoms with Crippen LogP contribution in [-0.2, 0) is 13.5 Å². The summed E-state index contributed by atoms with van der Waals surface area (Å²) >= 11 is 1.63. The number of anilines is 1. The molecule has 0 spiro atoms. The molecule has 8 heteroatoms. The number of nitrogens with zero attached hydrogens (tertiary/aromatic N) is 6. The lowest BCUT2D eigenvalue weighted by Gasteiger charge is -2.38. The third kappa shape index (κ3) is 2.76. The van der Waals surface area contributed by atoms with Crippen LogP contribution in [0.5, 0.6) is 0 Å². The molecular formula is C16H20N6OS. The van der Waals surface area contributed by atoms with Crippen LogP contribution in [0, 0.1) is 6.92 Å². The predicted octanol–water partition coefficient (Wildman–Crippen LogP) is 1.70. The molecule has 1 saturated heterocycles. The van der Waals surface area contributed by atoms with E-state index in [4.69, 9.17) is 0 Å². The van der Waals surface area contributed by atoms with E-state index in [0.717, 1.165) is 40.6 Å². The average molecular weight is 344 g/mol. The first-order valence-electron chi connectivity index (χ1n) is 8.05. The molecule has 3 aromatic heterocycles. The summed E-state index contributed by atoms with van der Waals surface area (Å²) in [6.07, 6.45) is 5.43. The number of fused-ring (bicyclic) bond motifs is 1. The molecule has 0 aromatic carbocycles. The van der Waals surface area contributed by atoms with Crippen LogP contribution < -0.4 is 4.90 Å². The highest BCUT2D eigenvalue weighted by atomic mass is 32.1. The number of hydrogen-bond donors (Lipinski definition) is 1. The van der Waals surface area contributed by atoms with E-state index in [2.05, 4.69) is 25.0 Å². The highest BCUT2D eigenvalue weighted by Crippen LogP contribution is 2.31. The van der Waals surface area contributed by atoms with E-state index >= 15 is 0 Å². The standard InChI is InChI=1S/C16H20N6OS/c1-11-9-24-13(20-11)7-16(23)3-5-22(6-4-16)15-12-8-19-21(2)14(12)17-10-18-15/h8-10,23H,3-7H2,1-2H3. The Labute approximate surface area is 144 Å². The Balaban J connectivity index is 1.51. The molecule has 7 nitrogen and oxygen atoms in total. The Morgan fingerprint density at radius 3 is 2.79 bits per heavy atom. The van der Waals surface area contributed by atoms with Crippen LogP contribution in [0.1, 0.15) is 23.5 Å². The number of hydrogen-bond acceptors (Lipinski definition) is 7. The van der Waals surface area contributed by atoms with Crippen molar-refractivity contribution in [1.29, 1.82) is 0 Å². The quantitative estimate of drug-likeness (QED) is 0.779. The van der Waals surface area contributed by atoms with E-state index in [0.29, 0.717) is 19.3 Å². The molecular weight excluding hydrogens is 324 g/mol. The van der Waals surface area contributed by atoms with Crippen LogP contribution in [0.2, 0.25) is 0 Å². The second kappa shape index (κ2) is 5.78. The summed E-state index contributed by atoms with van der Waals surface area (Å²) in [7, 11) is 1.88. The highest BCUT2D eigenvalue weighted by Gasteiger charge is 2.34. The van der Waals surface area contributed by atoms with Gasteiger partial charge >= 0.3 is 0 Å². The smallest absolute Gasteiger partial charge is 0.163 e. The van der Waals surface area contributed by atoms with Gasteiger partial charge in [-0.05, 0) is 19.8 Å². The molecule has 1 aliphatic rings. The average Bonchev–Trinajstić information content (AvgIpc) is 3.14. The Morgan fingerprint density at radius 1 is 1.29 bits per heavy atom. The lowest BCUT2D eigenvalue weighted by molar-refractivity contribution is 0.0164.